The lowest BCUT2D eigenvalue weighted by molar-refractivity contribution is -0.119. The summed E-state index contributed by atoms with van der Waals surface area (Å²) in [5.74, 6) is -0.251. The van der Waals surface area contributed by atoms with Crippen molar-refractivity contribution >= 4 is 45.1 Å². The first-order chi connectivity index (χ1) is 12.3. The van der Waals surface area contributed by atoms with Crippen LogP contribution in [0.25, 0.3) is 0 Å². The van der Waals surface area contributed by atoms with Crippen molar-refractivity contribution in [3.63, 3.8) is 0 Å². The first-order valence-corrected chi connectivity index (χ1v) is 8.67. The fraction of sp³-hybridized carbons (Fsp3) is 0.222. The van der Waals surface area contributed by atoms with Crippen molar-refractivity contribution in [1.29, 1.82) is 0 Å². The van der Waals surface area contributed by atoms with Crippen molar-refractivity contribution in [2.75, 3.05) is 26.1 Å². The Morgan fingerprint density at radius 2 is 1.73 bits per heavy atom. The third-order valence-electron chi connectivity index (χ3n) is 3.53. The molecule has 1 N–H and O–H groups in total. The minimum Gasteiger partial charge on any atom is -0.497 e. The lowest BCUT2D eigenvalue weighted by Gasteiger charge is -2.11. The van der Waals surface area contributed by atoms with E-state index in [4.69, 9.17) is 25.8 Å². The number of methoxy groups -OCH3 is 2. The maximum Gasteiger partial charge on any atom is 0.338 e. The number of rotatable bonds is 6. The van der Waals surface area contributed by atoms with Crippen molar-refractivity contribution in [3.05, 3.63) is 51.0 Å². The Labute approximate surface area is 164 Å². The zero-order chi connectivity index (χ0) is 19.3. The number of carbonyl (C=O) groups is 2. The van der Waals surface area contributed by atoms with E-state index in [0.717, 1.165) is 4.47 Å². The van der Waals surface area contributed by atoms with Crippen molar-refractivity contribution < 1.29 is 23.8 Å². The van der Waals surface area contributed by atoms with E-state index in [1.54, 1.807) is 25.1 Å². The quantitative estimate of drug-likeness (QED) is 0.678. The second-order valence-corrected chi connectivity index (χ2v) is 6.49. The number of benzene rings is 2. The number of hydrogen-bond acceptors (Lipinski definition) is 5. The highest BCUT2D eigenvalue weighted by Gasteiger charge is 2.14. The van der Waals surface area contributed by atoms with Crippen LogP contribution in [0.2, 0.25) is 5.02 Å². The molecule has 0 aromatic heterocycles. The van der Waals surface area contributed by atoms with E-state index in [1.165, 1.54) is 26.4 Å². The van der Waals surface area contributed by atoms with Crippen LogP contribution in [0.1, 0.15) is 15.9 Å². The first-order valence-electron chi connectivity index (χ1n) is 7.50. The summed E-state index contributed by atoms with van der Waals surface area (Å²) in [4.78, 5) is 24.2. The molecule has 0 unspecified atom stereocenters. The van der Waals surface area contributed by atoms with Crippen LogP contribution < -0.4 is 14.8 Å². The Hall–Kier alpha value is -2.25. The maximum absolute atomic E-state index is 12.2. The molecule has 0 heterocycles. The number of amides is 1. The van der Waals surface area contributed by atoms with Crippen LogP contribution in [-0.2, 0) is 9.53 Å². The second kappa shape index (κ2) is 8.91. The lowest BCUT2D eigenvalue weighted by Crippen LogP contribution is -2.21. The molecule has 26 heavy (non-hydrogen) atoms. The Kier molecular flexibility index (Phi) is 6.88. The van der Waals surface area contributed by atoms with Gasteiger partial charge in [-0.3, -0.25) is 4.79 Å². The molecule has 0 spiro atoms. The summed E-state index contributed by atoms with van der Waals surface area (Å²) in [7, 11) is 2.95. The summed E-state index contributed by atoms with van der Waals surface area (Å²) in [6.07, 6.45) is 0. The van der Waals surface area contributed by atoms with Gasteiger partial charge in [0, 0.05) is 16.2 Å². The summed E-state index contributed by atoms with van der Waals surface area (Å²) in [6.45, 7) is 1.34. The van der Waals surface area contributed by atoms with Gasteiger partial charge in [0.2, 0.25) is 0 Å². The number of esters is 1. The van der Waals surface area contributed by atoms with Crippen LogP contribution in [-0.4, -0.2) is 32.7 Å². The lowest BCUT2D eigenvalue weighted by atomic mass is 10.2. The standard InChI is InChI=1S/C18H17BrClNO5/c1-10-15(5-4-14(19)17(10)20)21-16(22)9-26-18(23)11-6-12(24-2)8-13(7-11)25-3/h4-8H,9H2,1-3H3,(H,21,22). The number of hydrogen-bond donors (Lipinski definition) is 1. The third-order valence-corrected chi connectivity index (χ3v) is 4.91. The molecule has 0 saturated carbocycles. The molecule has 2 aromatic carbocycles. The highest BCUT2D eigenvalue weighted by atomic mass is 79.9. The number of nitrogens with one attached hydrogen (secondary N) is 1. The predicted molar refractivity (Wildman–Crippen MR) is 102 cm³/mol. The van der Waals surface area contributed by atoms with Gasteiger partial charge in [-0.25, -0.2) is 4.79 Å². The highest BCUT2D eigenvalue weighted by Crippen LogP contribution is 2.31. The molecule has 0 aliphatic heterocycles. The van der Waals surface area contributed by atoms with Gasteiger partial charge in [0.25, 0.3) is 5.91 Å². The smallest absolute Gasteiger partial charge is 0.338 e. The predicted octanol–water partition coefficient (Wildman–Crippen LogP) is 4.22. The molecular weight excluding hydrogens is 426 g/mol. The first kappa shape index (κ1) is 20.1. The molecular formula is C18H17BrClNO5. The number of halogens is 2. The molecule has 0 radical (unpaired) electrons. The molecule has 0 aliphatic rings. The van der Waals surface area contributed by atoms with Gasteiger partial charge in [-0.15, -0.1) is 0 Å². The fourth-order valence-electron chi connectivity index (χ4n) is 2.11. The van der Waals surface area contributed by atoms with Crippen molar-refractivity contribution in [3.8, 4) is 11.5 Å². The molecule has 6 nitrogen and oxygen atoms in total. The Balaban J connectivity index is 2.01. The summed E-state index contributed by atoms with van der Waals surface area (Å²) in [5.41, 5.74) is 1.47. The van der Waals surface area contributed by atoms with Gasteiger partial charge in [0.05, 0.1) is 24.8 Å². The average molecular weight is 443 g/mol. The van der Waals surface area contributed by atoms with E-state index in [2.05, 4.69) is 21.2 Å². The zero-order valence-corrected chi connectivity index (χ0v) is 16.7. The molecule has 0 saturated heterocycles. The molecule has 138 valence electrons. The molecule has 0 bridgehead atoms. The highest BCUT2D eigenvalue weighted by molar-refractivity contribution is 9.10. The average Bonchev–Trinajstić information content (AvgIpc) is 2.66. The van der Waals surface area contributed by atoms with E-state index >= 15 is 0 Å². The number of carbonyl (C=O) groups excluding carboxylic acids is 2. The minimum absolute atomic E-state index is 0.219. The van der Waals surface area contributed by atoms with E-state index in [-0.39, 0.29) is 5.56 Å². The molecule has 2 aromatic rings. The van der Waals surface area contributed by atoms with E-state index in [0.29, 0.717) is 27.8 Å². The third kappa shape index (κ3) is 4.89. The van der Waals surface area contributed by atoms with E-state index < -0.39 is 18.5 Å². The zero-order valence-electron chi connectivity index (χ0n) is 14.4. The molecule has 8 heteroatoms. The van der Waals surface area contributed by atoms with Gasteiger partial charge in [-0.1, -0.05) is 11.6 Å². The molecule has 1 amide bonds. The van der Waals surface area contributed by atoms with Crippen molar-refractivity contribution in [1.82, 2.24) is 0 Å². The topological polar surface area (TPSA) is 73.9 Å². The van der Waals surface area contributed by atoms with Gasteiger partial charge in [-0.2, -0.15) is 0 Å². The van der Waals surface area contributed by atoms with Crippen molar-refractivity contribution in [2.45, 2.75) is 6.92 Å². The van der Waals surface area contributed by atoms with Gasteiger partial charge >= 0.3 is 5.97 Å². The van der Waals surface area contributed by atoms with Gasteiger partial charge in [0.15, 0.2) is 6.61 Å². The van der Waals surface area contributed by atoms with Crippen molar-refractivity contribution in [2.24, 2.45) is 0 Å². The normalized spacial score (nSPS) is 10.2. The van der Waals surface area contributed by atoms with E-state index in [1.807, 2.05) is 0 Å². The van der Waals surface area contributed by atoms with Crippen LogP contribution in [0.4, 0.5) is 5.69 Å². The fourth-order valence-corrected chi connectivity index (χ4v) is 2.71. The van der Waals surface area contributed by atoms with Gasteiger partial charge < -0.3 is 19.5 Å². The Bertz CT molecular complexity index is 818. The second-order valence-electron chi connectivity index (χ2n) is 5.26. The molecule has 0 aliphatic carbocycles. The number of anilines is 1. The van der Waals surface area contributed by atoms with Crippen LogP contribution in [0.5, 0.6) is 11.5 Å². The minimum atomic E-state index is -0.664. The largest absolute Gasteiger partial charge is 0.497 e. The number of ether oxygens (including phenoxy) is 3. The van der Waals surface area contributed by atoms with E-state index in [9.17, 15) is 9.59 Å². The summed E-state index contributed by atoms with van der Waals surface area (Å²) >= 11 is 9.43. The monoisotopic (exact) mass is 441 g/mol. The van der Waals surface area contributed by atoms with Crippen LogP contribution >= 0.6 is 27.5 Å². The Morgan fingerprint density at radius 3 is 2.31 bits per heavy atom. The van der Waals surface area contributed by atoms with Gasteiger partial charge in [-0.05, 0) is 52.7 Å². The van der Waals surface area contributed by atoms with Crippen LogP contribution in [0.15, 0.2) is 34.8 Å². The SMILES string of the molecule is COc1cc(OC)cc(C(=O)OCC(=O)Nc2ccc(Br)c(Cl)c2C)c1. The van der Waals surface area contributed by atoms with Gasteiger partial charge in [0.1, 0.15) is 11.5 Å². The summed E-state index contributed by atoms with van der Waals surface area (Å²) < 4.78 is 16.0. The van der Waals surface area contributed by atoms with Crippen LogP contribution in [0.3, 0.4) is 0 Å². The maximum atomic E-state index is 12.2. The molecule has 0 fully saturated rings. The molecule has 2 rings (SSSR count). The summed E-state index contributed by atoms with van der Waals surface area (Å²) in [5, 5.41) is 3.16. The van der Waals surface area contributed by atoms with Crippen LogP contribution in [0, 0.1) is 6.92 Å². The molecule has 0 atom stereocenters. The Morgan fingerprint density at radius 1 is 1.12 bits per heavy atom. The summed E-state index contributed by atoms with van der Waals surface area (Å²) in [6, 6.07) is 8.06.